The van der Waals surface area contributed by atoms with E-state index in [-0.39, 0.29) is 6.61 Å². The summed E-state index contributed by atoms with van der Waals surface area (Å²) in [6, 6.07) is 14.7. The molecule has 5 rings (SSSR count). The van der Waals surface area contributed by atoms with E-state index in [0.717, 1.165) is 0 Å². The number of cyclic esters (lactones) is 1. The summed E-state index contributed by atoms with van der Waals surface area (Å²) < 4.78 is 23.2. The maximum absolute atomic E-state index is 11.5. The molecule has 2 N–H and O–H groups in total. The van der Waals surface area contributed by atoms with Crippen molar-refractivity contribution in [3.05, 3.63) is 71.2 Å². The number of para-hydroxylation sites is 2. The molecule has 3 aliphatic heterocycles. The number of rotatable bonds is 1. The number of esters is 1. The third-order valence-corrected chi connectivity index (χ3v) is 4.75. The fourth-order valence-electron chi connectivity index (χ4n) is 3.55. The van der Waals surface area contributed by atoms with Crippen molar-refractivity contribution in [2.45, 2.75) is 18.0 Å². The number of carbonyl (C=O) groups excluding carboxylic acids is 1. The van der Waals surface area contributed by atoms with Gasteiger partial charge in [0.25, 0.3) is 0 Å². The first-order valence-electron chi connectivity index (χ1n) is 8.12. The van der Waals surface area contributed by atoms with E-state index in [1.165, 1.54) is 0 Å². The molecule has 0 saturated carbocycles. The third kappa shape index (κ3) is 1.92. The highest BCUT2D eigenvalue weighted by molar-refractivity contribution is 5.89. The summed E-state index contributed by atoms with van der Waals surface area (Å²) in [5.41, 5.74) is 1.36. The van der Waals surface area contributed by atoms with Gasteiger partial charge in [-0.3, -0.25) is 0 Å². The second-order valence-electron chi connectivity index (χ2n) is 6.24. The van der Waals surface area contributed by atoms with Crippen LogP contribution in [0.15, 0.2) is 60.0 Å². The minimum Gasteiger partial charge on any atom is -0.505 e. The predicted octanol–water partition coefficient (Wildman–Crippen LogP) is 2.66. The molecule has 7 heteroatoms. The fraction of sp³-hybridized carbons (Fsp3) is 0.211. The van der Waals surface area contributed by atoms with E-state index >= 15 is 0 Å². The number of aliphatic hydroxyl groups is 2. The lowest BCUT2D eigenvalue weighted by atomic mass is 9.93. The molecule has 132 valence electrons. The van der Waals surface area contributed by atoms with Crippen molar-refractivity contribution in [2.24, 2.45) is 0 Å². The number of ether oxygens (including phenoxy) is 4. The van der Waals surface area contributed by atoms with Crippen LogP contribution >= 0.6 is 0 Å². The zero-order valence-corrected chi connectivity index (χ0v) is 13.4. The van der Waals surface area contributed by atoms with Gasteiger partial charge in [0.15, 0.2) is 11.9 Å². The molecule has 7 nitrogen and oxygen atoms in total. The van der Waals surface area contributed by atoms with Crippen molar-refractivity contribution < 1.29 is 34.0 Å². The van der Waals surface area contributed by atoms with E-state index in [1.807, 2.05) is 48.5 Å². The van der Waals surface area contributed by atoms with Gasteiger partial charge in [-0.15, -0.1) is 0 Å². The normalized spacial score (nSPS) is 25.6. The average Bonchev–Trinajstić information content (AvgIpc) is 3.20. The second kappa shape index (κ2) is 5.23. The summed E-state index contributed by atoms with van der Waals surface area (Å²) in [7, 11) is 0. The second-order valence-corrected chi connectivity index (χ2v) is 6.24. The first kappa shape index (κ1) is 15.2. The van der Waals surface area contributed by atoms with E-state index < -0.39 is 35.5 Å². The van der Waals surface area contributed by atoms with Crippen molar-refractivity contribution in [1.29, 1.82) is 0 Å². The summed E-state index contributed by atoms with van der Waals surface area (Å²) in [6.45, 7) is 0.0535. The number of hydrogen-bond acceptors (Lipinski definition) is 7. The van der Waals surface area contributed by atoms with Gasteiger partial charge in [-0.2, -0.15) is 0 Å². The van der Waals surface area contributed by atoms with Crippen LogP contribution in [0.1, 0.15) is 11.1 Å². The van der Waals surface area contributed by atoms with Gasteiger partial charge in [-0.1, -0.05) is 24.3 Å². The average molecular weight is 354 g/mol. The number of fused-ring (bicyclic) bond motifs is 4. The number of benzene rings is 2. The topological polar surface area (TPSA) is 94.5 Å². The molecule has 2 aromatic carbocycles. The van der Waals surface area contributed by atoms with Gasteiger partial charge in [-0.25, -0.2) is 4.79 Å². The standard InChI is InChI=1S/C19H14O7/c20-15-16(21)18(22)25-17(15)14-9-23-19(26-14)10-5-1-3-7-12(10)24-13-8-4-2-6-11(13)19/h1-8,14,17,20-21H,9H2/t14-,17?/m0/s1. The van der Waals surface area contributed by atoms with Crippen LogP contribution in [-0.2, 0) is 24.8 Å². The SMILES string of the molecule is O=C1OC([C@@H]2COC3(O2)c2ccccc2Oc2ccccc23)C(O)=C1O. The first-order chi connectivity index (χ1) is 12.6. The molecule has 1 unspecified atom stereocenters. The van der Waals surface area contributed by atoms with Gasteiger partial charge in [-0.05, 0) is 24.3 Å². The third-order valence-electron chi connectivity index (χ3n) is 4.75. The predicted molar refractivity (Wildman–Crippen MR) is 86.7 cm³/mol. The fourth-order valence-corrected chi connectivity index (χ4v) is 3.55. The molecule has 1 fully saturated rings. The lowest BCUT2D eigenvalue weighted by Crippen LogP contribution is -2.36. The minimum absolute atomic E-state index is 0.0535. The van der Waals surface area contributed by atoms with Crippen molar-refractivity contribution in [2.75, 3.05) is 6.61 Å². The maximum Gasteiger partial charge on any atom is 0.377 e. The molecule has 2 aromatic rings. The number of aliphatic hydroxyl groups excluding tert-OH is 2. The Bertz CT molecular complexity index is 903. The summed E-state index contributed by atoms with van der Waals surface area (Å²) in [5, 5.41) is 19.5. The molecule has 3 aliphatic rings. The Kier molecular flexibility index (Phi) is 3.07. The largest absolute Gasteiger partial charge is 0.505 e. The molecule has 2 atom stereocenters. The molecule has 1 saturated heterocycles. The van der Waals surface area contributed by atoms with Crippen LogP contribution in [0.4, 0.5) is 0 Å². The van der Waals surface area contributed by atoms with Crippen LogP contribution in [-0.4, -0.2) is 35.0 Å². The molecule has 0 aliphatic carbocycles. The zero-order valence-electron chi connectivity index (χ0n) is 13.4. The van der Waals surface area contributed by atoms with Crippen molar-refractivity contribution in [1.82, 2.24) is 0 Å². The zero-order chi connectivity index (χ0) is 17.9. The molecule has 0 radical (unpaired) electrons. The van der Waals surface area contributed by atoms with Crippen LogP contribution < -0.4 is 4.74 Å². The Hall–Kier alpha value is -3.03. The van der Waals surface area contributed by atoms with E-state index in [0.29, 0.717) is 22.6 Å². The smallest absolute Gasteiger partial charge is 0.377 e. The maximum atomic E-state index is 11.5. The Morgan fingerprint density at radius 3 is 2.15 bits per heavy atom. The van der Waals surface area contributed by atoms with Crippen LogP contribution in [0.5, 0.6) is 11.5 Å². The van der Waals surface area contributed by atoms with E-state index in [2.05, 4.69) is 0 Å². The molecule has 3 heterocycles. The molecule has 1 spiro atoms. The number of carbonyl (C=O) groups is 1. The number of hydrogen-bond donors (Lipinski definition) is 2. The lowest BCUT2D eigenvalue weighted by molar-refractivity contribution is -0.167. The van der Waals surface area contributed by atoms with Crippen molar-refractivity contribution in [3.8, 4) is 11.5 Å². The first-order valence-corrected chi connectivity index (χ1v) is 8.12. The van der Waals surface area contributed by atoms with E-state index in [4.69, 9.17) is 18.9 Å². The van der Waals surface area contributed by atoms with Gasteiger partial charge in [0.1, 0.15) is 17.6 Å². The Balaban J connectivity index is 1.59. The summed E-state index contributed by atoms with van der Waals surface area (Å²) in [5.74, 6) is -2.39. The van der Waals surface area contributed by atoms with Crippen LogP contribution in [0.25, 0.3) is 0 Å². The quantitative estimate of drug-likeness (QED) is 0.760. The molecule has 26 heavy (non-hydrogen) atoms. The van der Waals surface area contributed by atoms with Gasteiger partial charge in [0, 0.05) is 0 Å². The summed E-state index contributed by atoms with van der Waals surface area (Å²) in [4.78, 5) is 11.5. The van der Waals surface area contributed by atoms with E-state index in [1.54, 1.807) is 0 Å². The molecule has 0 aromatic heterocycles. The highest BCUT2D eigenvalue weighted by atomic mass is 16.8. The van der Waals surface area contributed by atoms with Gasteiger partial charge in [0.05, 0.1) is 17.7 Å². The van der Waals surface area contributed by atoms with Crippen LogP contribution in [0, 0.1) is 0 Å². The van der Waals surface area contributed by atoms with E-state index in [9.17, 15) is 15.0 Å². The highest BCUT2D eigenvalue weighted by Gasteiger charge is 2.55. The molecule has 0 amide bonds. The molecular weight excluding hydrogens is 340 g/mol. The van der Waals surface area contributed by atoms with Gasteiger partial charge >= 0.3 is 5.97 Å². The highest BCUT2D eigenvalue weighted by Crippen LogP contribution is 2.52. The Morgan fingerprint density at radius 2 is 1.58 bits per heavy atom. The van der Waals surface area contributed by atoms with Gasteiger partial charge in [0.2, 0.25) is 11.5 Å². The van der Waals surface area contributed by atoms with Crippen LogP contribution in [0.2, 0.25) is 0 Å². The van der Waals surface area contributed by atoms with Crippen molar-refractivity contribution in [3.63, 3.8) is 0 Å². The van der Waals surface area contributed by atoms with Gasteiger partial charge < -0.3 is 29.2 Å². The monoisotopic (exact) mass is 354 g/mol. The minimum atomic E-state index is -1.25. The Morgan fingerprint density at radius 1 is 0.962 bits per heavy atom. The summed E-state index contributed by atoms with van der Waals surface area (Å²) in [6.07, 6.45) is -1.91. The van der Waals surface area contributed by atoms with Crippen molar-refractivity contribution >= 4 is 5.97 Å². The lowest BCUT2D eigenvalue weighted by Gasteiger charge is -2.35. The molecular formula is C19H14O7. The molecule has 0 bridgehead atoms. The van der Waals surface area contributed by atoms with Crippen LogP contribution in [0.3, 0.4) is 0 Å². The Labute approximate surface area is 148 Å². The summed E-state index contributed by atoms with van der Waals surface area (Å²) >= 11 is 0.